The van der Waals surface area contributed by atoms with E-state index in [1.165, 1.54) is 11.1 Å². The van der Waals surface area contributed by atoms with E-state index in [9.17, 15) is 14.7 Å². The van der Waals surface area contributed by atoms with Gasteiger partial charge in [-0.2, -0.15) is 0 Å². The van der Waals surface area contributed by atoms with Crippen LogP contribution in [0.3, 0.4) is 0 Å². The molecule has 0 spiro atoms. The van der Waals surface area contributed by atoms with E-state index in [4.69, 9.17) is 0 Å². The van der Waals surface area contributed by atoms with Crippen molar-refractivity contribution in [3.8, 4) is 0 Å². The monoisotopic (exact) mass is 430 g/mol. The van der Waals surface area contributed by atoms with Crippen LogP contribution in [0, 0.1) is 11.8 Å². The minimum atomic E-state index is -0.649. The molecule has 29 heavy (non-hydrogen) atoms. The highest BCUT2D eigenvalue weighted by molar-refractivity contribution is 8.04. The van der Waals surface area contributed by atoms with Crippen LogP contribution in [-0.2, 0) is 22.4 Å². The van der Waals surface area contributed by atoms with Crippen molar-refractivity contribution in [3.63, 3.8) is 0 Å². The number of thiol groups is 1. The van der Waals surface area contributed by atoms with E-state index in [0.717, 1.165) is 37.3 Å². The zero-order chi connectivity index (χ0) is 20.3. The number of β-lactam (4-membered cyclic amide) rings is 1. The summed E-state index contributed by atoms with van der Waals surface area (Å²) in [4.78, 5) is 30.1. The van der Waals surface area contributed by atoms with E-state index in [1.807, 2.05) is 6.92 Å². The fraction of sp³-hybridized carbons (Fsp3) is 0.545. The van der Waals surface area contributed by atoms with Crippen LogP contribution in [0.5, 0.6) is 0 Å². The second-order valence-corrected chi connectivity index (χ2v) is 10.1. The molecule has 1 unspecified atom stereocenters. The number of fused-ring (bicyclic) bond motifs is 2. The molecule has 1 N–H and O–H groups in total. The minimum Gasteiger partial charge on any atom is -0.392 e. The number of nitrogens with zero attached hydrogens (tertiary/aromatic N) is 2. The lowest BCUT2D eigenvalue weighted by molar-refractivity contribution is -0.154. The fourth-order valence-electron chi connectivity index (χ4n) is 5.39. The molecule has 3 aliphatic heterocycles. The number of likely N-dealkylation sites (tertiary alicyclic amines) is 1. The molecule has 0 aromatic heterocycles. The normalized spacial score (nSPS) is 30.5. The number of rotatable bonds is 5. The number of hydrogen-bond donors (Lipinski definition) is 2. The maximum absolute atomic E-state index is 12.6. The molecule has 5 rings (SSSR count). The van der Waals surface area contributed by atoms with Crippen molar-refractivity contribution in [3.05, 3.63) is 46.0 Å². The third-order valence-electron chi connectivity index (χ3n) is 6.98. The van der Waals surface area contributed by atoms with Gasteiger partial charge >= 0.3 is 0 Å². The Balaban J connectivity index is 1.33. The summed E-state index contributed by atoms with van der Waals surface area (Å²) in [6.45, 7) is 3.82. The van der Waals surface area contributed by atoms with Crippen LogP contribution in [-0.4, -0.2) is 56.5 Å². The Kier molecular flexibility index (Phi) is 5.05. The van der Waals surface area contributed by atoms with Crippen molar-refractivity contribution < 1.29 is 14.7 Å². The topological polar surface area (TPSA) is 60.9 Å². The molecule has 4 aliphatic rings. The molecule has 0 saturated carbocycles. The number of carbonyl (C=O) groups is 2. The van der Waals surface area contributed by atoms with Gasteiger partial charge in [-0.05, 0) is 43.4 Å². The standard InChI is InChI=1S/C22H26N2O3S2/c1-2-16(25)17-20(26)24-18(22(27)28)19(29-21(17)24)14-7-8-23(11-14)15-9-12-5-3-4-6-13(12)10-15/h3-6,14-17,21,25H,2,7-11H2,1H3,(H,27,28)/t14?,16-,17+,21+/m0/s1. The third-order valence-corrected chi connectivity index (χ3v) is 8.72. The number of amides is 1. The van der Waals surface area contributed by atoms with Gasteiger partial charge in [0.1, 0.15) is 11.1 Å². The van der Waals surface area contributed by atoms with Gasteiger partial charge in [0.05, 0.1) is 12.0 Å². The lowest BCUT2D eigenvalue weighted by atomic mass is 9.89. The first kappa shape index (κ1) is 19.7. The molecule has 2 saturated heterocycles. The Bertz CT molecular complexity index is 877. The van der Waals surface area contributed by atoms with Gasteiger partial charge in [-0.25, -0.2) is 0 Å². The highest BCUT2D eigenvalue weighted by Gasteiger charge is 2.58. The predicted molar refractivity (Wildman–Crippen MR) is 116 cm³/mol. The summed E-state index contributed by atoms with van der Waals surface area (Å²) in [5, 5.41) is 9.77. The van der Waals surface area contributed by atoms with Crippen molar-refractivity contribution in [1.82, 2.24) is 9.80 Å². The summed E-state index contributed by atoms with van der Waals surface area (Å²) >= 11 is 5.70. The van der Waals surface area contributed by atoms with Crippen molar-refractivity contribution in [2.75, 3.05) is 13.1 Å². The summed E-state index contributed by atoms with van der Waals surface area (Å²) in [6, 6.07) is 9.20. The Morgan fingerprint density at radius 1 is 1.31 bits per heavy atom. The summed E-state index contributed by atoms with van der Waals surface area (Å²) in [5.74, 6) is -0.287. The van der Waals surface area contributed by atoms with Crippen LogP contribution in [0.2, 0.25) is 0 Å². The van der Waals surface area contributed by atoms with Crippen LogP contribution < -0.4 is 0 Å². The molecule has 0 radical (unpaired) electrons. The van der Waals surface area contributed by atoms with Gasteiger partial charge in [-0.1, -0.05) is 43.8 Å². The van der Waals surface area contributed by atoms with Crippen LogP contribution >= 0.6 is 24.4 Å². The van der Waals surface area contributed by atoms with Gasteiger partial charge in [-0.3, -0.25) is 19.4 Å². The van der Waals surface area contributed by atoms with Crippen LogP contribution in [0.1, 0.15) is 30.9 Å². The summed E-state index contributed by atoms with van der Waals surface area (Å²) in [5.41, 5.74) is 3.37. The number of carbonyl (C=O) groups excluding carboxylic acids is 2. The molecule has 3 heterocycles. The number of benzene rings is 1. The molecule has 5 nitrogen and oxygen atoms in total. The van der Waals surface area contributed by atoms with E-state index >= 15 is 0 Å². The van der Waals surface area contributed by atoms with E-state index in [1.54, 1.807) is 16.7 Å². The molecule has 1 amide bonds. The Hall–Kier alpha value is -1.28. The zero-order valence-corrected chi connectivity index (χ0v) is 18.2. The largest absolute Gasteiger partial charge is 0.392 e. The van der Waals surface area contributed by atoms with E-state index < -0.39 is 12.0 Å². The molecule has 1 aromatic rings. The fourth-order valence-corrected chi connectivity index (χ4v) is 7.40. The quantitative estimate of drug-likeness (QED) is 0.555. The zero-order valence-electron chi connectivity index (χ0n) is 16.5. The lowest BCUT2D eigenvalue weighted by Crippen LogP contribution is -2.61. The highest BCUT2D eigenvalue weighted by atomic mass is 32.2. The molecule has 0 bridgehead atoms. The first-order valence-electron chi connectivity index (χ1n) is 10.5. The first-order chi connectivity index (χ1) is 14.0. The van der Waals surface area contributed by atoms with Gasteiger partial charge in [0, 0.05) is 23.4 Å². The maximum atomic E-state index is 12.6. The molecule has 1 aliphatic carbocycles. The lowest BCUT2D eigenvalue weighted by Gasteiger charge is -2.44. The minimum absolute atomic E-state index is 0.134. The van der Waals surface area contributed by atoms with Gasteiger partial charge in [0.25, 0.3) is 0 Å². The number of thioether (sulfide) groups is 1. The van der Waals surface area contributed by atoms with Gasteiger partial charge in [-0.15, -0.1) is 11.8 Å². The van der Waals surface area contributed by atoms with Gasteiger partial charge < -0.3 is 5.11 Å². The van der Waals surface area contributed by atoms with Crippen LogP contribution in [0.25, 0.3) is 0 Å². The van der Waals surface area contributed by atoms with Crippen molar-refractivity contribution in [1.29, 1.82) is 0 Å². The molecule has 7 heteroatoms. The van der Waals surface area contributed by atoms with Crippen LogP contribution in [0.15, 0.2) is 34.9 Å². The predicted octanol–water partition coefficient (Wildman–Crippen LogP) is 2.45. The summed E-state index contributed by atoms with van der Waals surface area (Å²) in [7, 11) is 0. The average Bonchev–Trinajstić information content (AvgIpc) is 3.42. The van der Waals surface area contributed by atoms with Crippen molar-refractivity contribution in [2.45, 2.75) is 50.1 Å². The Morgan fingerprint density at radius 3 is 2.62 bits per heavy atom. The third kappa shape index (κ3) is 3.09. The smallest absolute Gasteiger partial charge is 0.236 e. The first-order valence-corrected chi connectivity index (χ1v) is 11.8. The molecule has 154 valence electrons. The van der Waals surface area contributed by atoms with E-state index in [2.05, 4.69) is 41.8 Å². The van der Waals surface area contributed by atoms with Gasteiger partial charge in [0.15, 0.2) is 0 Å². The molecule has 2 fully saturated rings. The molecule has 4 atom stereocenters. The summed E-state index contributed by atoms with van der Waals surface area (Å²) < 4.78 is 0. The molecular formula is C22H26N2O3S2. The van der Waals surface area contributed by atoms with E-state index in [0.29, 0.717) is 18.2 Å². The highest BCUT2D eigenvalue weighted by Crippen LogP contribution is 2.54. The number of aliphatic hydroxyl groups is 1. The Labute approximate surface area is 180 Å². The average molecular weight is 431 g/mol. The second-order valence-electron chi connectivity index (χ2n) is 8.55. The summed E-state index contributed by atoms with van der Waals surface area (Å²) in [6.07, 6.45) is 3.07. The van der Waals surface area contributed by atoms with Crippen molar-refractivity contribution >= 4 is 35.4 Å². The van der Waals surface area contributed by atoms with Gasteiger partial charge in [0.2, 0.25) is 11.0 Å². The molecule has 1 aromatic carbocycles. The van der Waals surface area contributed by atoms with Crippen molar-refractivity contribution in [2.24, 2.45) is 11.8 Å². The SMILES string of the molecule is CC[C@H](O)[C@@H]1C(=O)N2C(C(=O)S)=C(C3CCN(C4Cc5ccccc5C4)C3)S[C@H]12. The second kappa shape index (κ2) is 7.45. The van der Waals surface area contributed by atoms with E-state index in [-0.39, 0.29) is 22.3 Å². The molecular weight excluding hydrogens is 404 g/mol. The Morgan fingerprint density at radius 2 is 2.00 bits per heavy atom. The van der Waals surface area contributed by atoms with Crippen LogP contribution in [0.4, 0.5) is 0 Å². The number of hydrogen-bond acceptors (Lipinski definition) is 5. The maximum Gasteiger partial charge on any atom is 0.236 e. The number of aliphatic hydroxyl groups excluding tert-OH is 1.